The van der Waals surface area contributed by atoms with E-state index in [-0.39, 0.29) is 5.91 Å². The molecule has 2 N–H and O–H groups in total. The lowest BCUT2D eigenvalue weighted by Crippen LogP contribution is -2.58. The van der Waals surface area contributed by atoms with Crippen molar-refractivity contribution in [2.45, 2.75) is 56.5 Å². The van der Waals surface area contributed by atoms with Crippen LogP contribution in [0.15, 0.2) is 0 Å². The number of carbonyl (C=O) groups excluding carboxylic acids is 1. The second-order valence-corrected chi connectivity index (χ2v) is 6.20. The zero-order valence-electron chi connectivity index (χ0n) is 11.8. The fourth-order valence-corrected chi connectivity index (χ4v) is 3.30. The van der Waals surface area contributed by atoms with Crippen LogP contribution in [0.3, 0.4) is 0 Å². The minimum Gasteiger partial charge on any atom is -0.341 e. The van der Waals surface area contributed by atoms with Gasteiger partial charge in [-0.1, -0.05) is 19.3 Å². The second kappa shape index (κ2) is 5.57. The number of nitrogens with zero attached hydrogens (tertiary/aromatic N) is 2. The molecule has 4 heteroatoms. The number of piperidine rings is 1. The average Bonchev–Trinajstić information content (AvgIpc) is 2.39. The maximum absolute atomic E-state index is 12.5. The predicted molar refractivity (Wildman–Crippen MR) is 73.3 cm³/mol. The fourth-order valence-electron chi connectivity index (χ4n) is 3.30. The molecule has 2 rings (SSSR count). The number of nitrogens with two attached hydrogens (primary N) is 1. The third kappa shape index (κ3) is 2.86. The summed E-state index contributed by atoms with van der Waals surface area (Å²) < 4.78 is 0. The minimum atomic E-state index is -0.552. The Morgan fingerprint density at radius 3 is 2.22 bits per heavy atom. The van der Waals surface area contributed by atoms with Gasteiger partial charge in [0.2, 0.25) is 5.91 Å². The molecule has 1 amide bonds. The molecule has 0 aromatic heterocycles. The molecule has 0 spiro atoms. The minimum absolute atomic E-state index is 0.208. The molecule has 18 heavy (non-hydrogen) atoms. The van der Waals surface area contributed by atoms with Gasteiger partial charge in [0.25, 0.3) is 0 Å². The van der Waals surface area contributed by atoms with E-state index in [0.717, 1.165) is 51.6 Å². The first-order valence-electron chi connectivity index (χ1n) is 7.28. The molecular formula is C14H27N3O. The van der Waals surface area contributed by atoms with Gasteiger partial charge in [0, 0.05) is 19.1 Å². The van der Waals surface area contributed by atoms with E-state index in [4.69, 9.17) is 5.73 Å². The van der Waals surface area contributed by atoms with Gasteiger partial charge in [0.05, 0.1) is 5.54 Å². The maximum Gasteiger partial charge on any atom is 0.242 e. The topological polar surface area (TPSA) is 49.6 Å². The van der Waals surface area contributed by atoms with Crippen LogP contribution >= 0.6 is 0 Å². The van der Waals surface area contributed by atoms with Crippen molar-refractivity contribution in [3.8, 4) is 0 Å². The van der Waals surface area contributed by atoms with Crippen LogP contribution in [0.1, 0.15) is 44.9 Å². The molecule has 104 valence electrons. The van der Waals surface area contributed by atoms with Crippen molar-refractivity contribution in [1.82, 2.24) is 9.80 Å². The summed E-state index contributed by atoms with van der Waals surface area (Å²) in [6.45, 7) is 1.75. The number of likely N-dealkylation sites (tertiary alicyclic amines) is 1. The summed E-state index contributed by atoms with van der Waals surface area (Å²) in [6.07, 6.45) is 7.35. The number of carbonyl (C=O) groups is 1. The van der Waals surface area contributed by atoms with Crippen LogP contribution in [-0.2, 0) is 4.79 Å². The van der Waals surface area contributed by atoms with Gasteiger partial charge in [0.15, 0.2) is 0 Å². The van der Waals surface area contributed by atoms with Crippen molar-refractivity contribution in [1.29, 1.82) is 0 Å². The highest BCUT2D eigenvalue weighted by molar-refractivity contribution is 5.86. The molecule has 1 aliphatic heterocycles. The van der Waals surface area contributed by atoms with Gasteiger partial charge in [-0.3, -0.25) is 4.79 Å². The molecule has 0 atom stereocenters. The van der Waals surface area contributed by atoms with E-state index < -0.39 is 5.54 Å². The van der Waals surface area contributed by atoms with Crippen LogP contribution in [0.25, 0.3) is 0 Å². The monoisotopic (exact) mass is 253 g/mol. The van der Waals surface area contributed by atoms with Crippen molar-refractivity contribution in [2.75, 3.05) is 27.2 Å². The van der Waals surface area contributed by atoms with E-state index in [2.05, 4.69) is 19.0 Å². The Kier molecular flexibility index (Phi) is 4.28. The van der Waals surface area contributed by atoms with Gasteiger partial charge in [-0.05, 0) is 39.8 Å². The third-order valence-corrected chi connectivity index (χ3v) is 4.65. The molecule has 0 bridgehead atoms. The van der Waals surface area contributed by atoms with E-state index in [9.17, 15) is 4.79 Å². The molecule has 2 fully saturated rings. The zero-order valence-corrected chi connectivity index (χ0v) is 11.8. The van der Waals surface area contributed by atoms with Crippen molar-refractivity contribution < 1.29 is 4.79 Å². The number of hydrogen-bond acceptors (Lipinski definition) is 3. The Bertz CT molecular complexity index is 289. The largest absolute Gasteiger partial charge is 0.341 e. The fraction of sp³-hybridized carbons (Fsp3) is 0.929. The van der Waals surface area contributed by atoms with Crippen molar-refractivity contribution >= 4 is 5.91 Å². The molecule has 0 unspecified atom stereocenters. The summed E-state index contributed by atoms with van der Waals surface area (Å²) in [5.41, 5.74) is 5.77. The predicted octanol–water partition coefficient (Wildman–Crippen LogP) is 1.20. The lowest BCUT2D eigenvalue weighted by molar-refractivity contribution is -0.139. The first-order chi connectivity index (χ1) is 8.53. The smallest absolute Gasteiger partial charge is 0.242 e. The summed E-state index contributed by atoms with van der Waals surface area (Å²) in [6, 6.07) is 0.620. The second-order valence-electron chi connectivity index (χ2n) is 6.20. The summed E-state index contributed by atoms with van der Waals surface area (Å²) in [5, 5.41) is 0. The SMILES string of the molecule is CN(C)C1CCN(C(=O)C2(N)CCCCC2)CC1. The van der Waals surface area contributed by atoms with Gasteiger partial charge < -0.3 is 15.5 Å². The quantitative estimate of drug-likeness (QED) is 0.804. The number of rotatable bonds is 2. The van der Waals surface area contributed by atoms with Gasteiger partial charge in [-0.15, -0.1) is 0 Å². The highest BCUT2D eigenvalue weighted by atomic mass is 16.2. The highest BCUT2D eigenvalue weighted by Gasteiger charge is 2.39. The maximum atomic E-state index is 12.5. The van der Waals surface area contributed by atoms with E-state index in [1.807, 2.05) is 4.90 Å². The van der Waals surface area contributed by atoms with Crippen molar-refractivity contribution in [3.05, 3.63) is 0 Å². The van der Waals surface area contributed by atoms with E-state index in [1.54, 1.807) is 0 Å². The lowest BCUT2D eigenvalue weighted by Gasteiger charge is -2.41. The van der Waals surface area contributed by atoms with Crippen molar-refractivity contribution in [2.24, 2.45) is 5.73 Å². The van der Waals surface area contributed by atoms with Crippen LogP contribution in [0.4, 0.5) is 0 Å². The van der Waals surface area contributed by atoms with Gasteiger partial charge >= 0.3 is 0 Å². The Labute approximate surface area is 110 Å². The van der Waals surface area contributed by atoms with Gasteiger partial charge in [-0.2, -0.15) is 0 Å². The normalized spacial score (nSPS) is 25.4. The van der Waals surface area contributed by atoms with Crippen LogP contribution in [0.5, 0.6) is 0 Å². The first kappa shape index (κ1) is 13.8. The van der Waals surface area contributed by atoms with Crippen LogP contribution in [0, 0.1) is 0 Å². The summed E-state index contributed by atoms with van der Waals surface area (Å²) >= 11 is 0. The number of amides is 1. The van der Waals surface area contributed by atoms with Crippen LogP contribution < -0.4 is 5.73 Å². The number of hydrogen-bond donors (Lipinski definition) is 1. The summed E-state index contributed by atoms with van der Waals surface area (Å²) in [5.74, 6) is 0.208. The molecule has 2 aliphatic rings. The molecule has 0 aromatic rings. The molecular weight excluding hydrogens is 226 g/mol. The van der Waals surface area contributed by atoms with Crippen LogP contribution in [0.2, 0.25) is 0 Å². The Morgan fingerprint density at radius 1 is 1.17 bits per heavy atom. The molecule has 1 saturated carbocycles. The molecule has 4 nitrogen and oxygen atoms in total. The molecule has 1 heterocycles. The van der Waals surface area contributed by atoms with E-state index >= 15 is 0 Å². The first-order valence-corrected chi connectivity index (χ1v) is 7.28. The molecule has 0 radical (unpaired) electrons. The third-order valence-electron chi connectivity index (χ3n) is 4.65. The lowest BCUT2D eigenvalue weighted by atomic mass is 9.81. The Hall–Kier alpha value is -0.610. The highest BCUT2D eigenvalue weighted by Crippen LogP contribution is 2.29. The average molecular weight is 253 g/mol. The standard InChI is InChI=1S/C14H27N3O/c1-16(2)12-6-10-17(11-7-12)13(18)14(15)8-4-3-5-9-14/h12H,3-11,15H2,1-2H3. The van der Waals surface area contributed by atoms with Crippen molar-refractivity contribution in [3.63, 3.8) is 0 Å². The van der Waals surface area contributed by atoms with Gasteiger partial charge in [-0.25, -0.2) is 0 Å². The molecule has 0 aromatic carbocycles. The van der Waals surface area contributed by atoms with Gasteiger partial charge in [0.1, 0.15) is 0 Å². The van der Waals surface area contributed by atoms with Crippen LogP contribution in [-0.4, -0.2) is 54.5 Å². The Morgan fingerprint density at radius 2 is 1.72 bits per heavy atom. The Balaban J connectivity index is 1.90. The molecule has 1 aliphatic carbocycles. The summed E-state index contributed by atoms with van der Waals surface area (Å²) in [7, 11) is 4.24. The molecule has 1 saturated heterocycles. The zero-order chi connectivity index (χ0) is 13.2. The van der Waals surface area contributed by atoms with E-state index in [1.165, 1.54) is 6.42 Å². The summed E-state index contributed by atoms with van der Waals surface area (Å²) in [4.78, 5) is 16.8. The van der Waals surface area contributed by atoms with E-state index in [0.29, 0.717) is 6.04 Å².